The third kappa shape index (κ3) is 4.05. The second kappa shape index (κ2) is 5.05. The third-order valence-electron chi connectivity index (χ3n) is 0.401. The van der Waals surface area contributed by atoms with Gasteiger partial charge in [0.05, 0.1) is 0 Å². The monoisotopic (exact) mass is 104 g/mol. The van der Waals surface area contributed by atoms with Gasteiger partial charge in [0.2, 0.25) is 0 Å². The fourth-order valence-corrected chi connectivity index (χ4v) is 0.298. The minimum absolute atomic E-state index is 0.219. The van der Waals surface area contributed by atoms with Gasteiger partial charge in [-0.15, -0.1) is 0 Å². The van der Waals surface area contributed by atoms with E-state index in [1.807, 2.05) is 0 Å². The first kappa shape index (κ1) is 6.05. The maximum absolute atomic E-state index is 8.11. The molecule has 0 saturated heterocycles. The van der Waals surface area contributed by atoms with Crippen molar-refractivity contribution in [1.82, 2.24) is 0 Å². The molecule has 0 aromatic carbocycles. The van der Waals surface area contributed by atoms with E-state index >= 15 is 0 Å². The number of thiol groups is 1. The SMILES string of the molecule is OCC/C=C/S. The molecular weight excluding hydrogens is 96.1 g/mol. The molecule has 0 aromatic rings. The molecule has 0 aliphatic heterocycles. The summed E-state index contributed by atoms with van der Waals surface area (Å²) in [6.45, 7) is 0.219. The molecule has 0 rings (SSSR count). The van der Waals surface area contributed by atoms with E-state index in [0.29, 0.717) is 6.42 Å². The van der Waals surface area contributed by atoms with E-state index < -0.39 is 0 Å². The Morgan fingerprint density at radius 2 is 2.33 bits per heavy atom. The van der Waals surface area contributed by atoms with E-state index in [0.717, 1.165) is 0 Å². The molecule has 2 heteroatoms. The molecule has 0 bridgehead atoms. The molecule has 0 amide bonds. The summed E-state index contributed by atoms with van der Waals surface area (Å²) >= 11 is 3.76. The van der Waals surface area contributed by atoms with Crippen molar-refractivity contribution in [3.8, 4) is 0 Å². The fraction of sp³-hybridized carbons (Fsp3) is 0.500. The summed E-state index contributed by atoms with van der Waals surface area (Å²) in [6, 6.07) is 0. The van der Waals surface area contributed by atoms with Crippen molar-refractivity contribution in [2.75, 3.05) is 6.61 Å². The van der Waals surface area contributed by atoms with Crippen LogP contribution in [0.4, 0.5) is 0 Å². The fourth-order valence-electron chi connectivity index (χ4n) is 0.149. The molecule has 0 unspecified atom stereocenters. The molecule has 0 radical (unpaired) electrons. The molecular formula is C4H8OS. The van der Waals surface area contributed by atoms with Crippen LogP contribution in [0.15, 0.2) is 11.5 Å². The second-order valence-electron chi connectivity index (χ2n) is 0.897. The zero-order valence-corrected chi connectivity index (χ0v) is 4.36. The Kier molecular flexibility index (Phi) is 5.09. The molecule has 36 valence electrons. The molecule has 0 heterocycles. The van der Waals surface area contributed by atoms with Crippen molar-refractivity contribution < 1.29 is 5.11 Å². The molecule has 0 spiro atoms. The first-order valence-corrected chi connectivity index (χ1v) is 2.33. The topological polar surface area (TPSA) is 20.2 Å². The van der Waals surface area contributed by atoms with E-state index in [1.54, 1.807) is 11.5 Å². The number of hydrogen-bond donors (Lipinski definition) is 2. The van der Waals surface area contributed by atoms with Crippen LogP contribution < -0.4 is 0 Å². The first-order valence-electron chi connectivity index (χ1n) is 1.82. The average molecular weight is 104 g/mol. The van der Waals surface area contributed by atoms with Crippen LogP contribution in [0.5, 0.6) is 0 Å². The van der Waals surface area contributed by atoms with Gasteiger partial charge in [-0.3, -0.25) is 0 Å². The molecule has 0 aliphatic carbocycles. The van der Waals surface area contributed by atoms with Gasteiger partial charge in [0, 0.05) is 6.61 Å². The van der Waals surface area contributed by atoms with Gasteiger partial charge in [0.1, 0.15) is 0 Å². The Bertz CT molecular complexity index is 42.8. The van der Waals surface area contributed by atoms with E-state index in [1.165, 1.54) is 0 Å². The molecule has 0 aromatic heterocycles. The summed E-state index contributed by atoms with van der Waals surface area (Å²) in [7, 11) is 0. The van der Waals surface area contributed by atoms with Crippen LogP contribution in [0.25, 0.3) is 0 Å². The highest BCUT2D eigenvalue weighted by Crippen LogP contribution is 1.80. The zero-order chi connectivity index (χ0) is 4.83. The Morgan fingerprint density at radius 3 is 2.50 bits per heavy atom. The number of aliphatic hydroxyl groups excluding tert-OH is 1. The Balaban J connectivity index is 2.66. The van der Waals surface area contributed by atoms with Crippen LogP contribution in [0, 0.1) is 0 Å². The predicted molar refractivity (Wildman–Crippen MR) is 29.8 cm³/mol. The molecule has 6 heavy (non-hydrogen) atoms. The molecule has 0 saturated carbocycles. The minimum Gasteiger partial charge on any atom is -0.396 e. The maximum atomic E-state index is 8.11. The molecule has 0 aliphatic rings. The van der Waals surface area contributed by atoms with Crippen LogP contribution in [0.3, 0.4) is 0 Å². The van der Waals surface area contributed by atoms with E-state index in [2.05, 4.69) is 12.6 Å². The quantitative estimate of drug-likeness (QED) is 0.497. The van der Waals surface area contributed by atoms with Crippen molar-refractivity contribution in [3.63, 3.8) is 0 Å². The van der Waals surface area contributed by atoms with Gasteiger partial charge in [-0.05, 0) is 11.8 Å². The number of aliphatic hydroxyl groups is 1. The van der Waals surface area contributed by atoms with Crippen molar-refractivity contribution in [2.45, 2.75) is 6.42 Å². The van der Waals surface area contributed by atoms with Crippen LogP contribution in [0.2, 0.25) is 0 Å². The smallest absolute Gasteiger partial charge is 0.0465 e. The summed E-state index contributed by atoms with van der Waals surface area (Å²) in [6.07, 6.45) is 2.51. The minimum atomic E-state index is 0.219. The third-order valence-corrected chi connectivity index (χ3v) is 0.612. The van der Waals surface area contributed by atoms with Gasteiger partial charge in [-0.1, -0.05) is 6.08 Å². The van der Waals surface area contributed by atoms with Gasteiger partial charge in [-0.2, -0.15) is 12.6 Å². The second-order valence-corrected chi connectivity index (χ2v) is 1.20. The highest BCUT2D eigenvalue weighted by Gasteiger charge is 1.66. The molecule has 1 N–H and O–H groups in total. The largest absolute Gasteiger partial charge is 0.396 e. The Labute approximate surface area is 43.1 Å². The van der Waals surface area contributed by atoms with E-state index in [-0.39, 0.29) is 6.61 Å². The van der Waals surface area contributed by atoms with Crippen molar-refractivity contribution in [1.29, 1.82) is 0 Å². The van der Waals surface area contributed by atoms with Crippen LogP contribution >= 0.6 is 12.6 Å². The van der Waals surface area contributed by atoms with Crippen molar-refractivity contribution >= 4 is 12.6 Å². The van der Waals surface area contributed by atoms with Crippen LogP contribution in [0.1, 0.15) is 6.42 Å². The number of hydrogen-bond acceptors (Lipinski definition) is 2. The molecule has 1 nitrogen and oxygen atoms in total. The lowest BCUT2D eigenvalue weighted by Gasteiger charge is -1.76. The summed E-state index contributed by atoms with van der Waals surface area (Å²) in [4.78, 5) is 0. The summed E-state index contributed by atoms with van der Waals surface area (Å²) in [5, 5.41) is 9.73. The highest BCUT2D eigenvalue weighted by molar-refractivity contribution is 7.83. The highest BCUT2D eigenvalue weighted by atomic mass is 32.1. The van der Waals surface area contributed by atoms with Gasteiger partial charge in [0.25, 0.3) is 0 Å². The van der Waals surface area contributed by atoms with E-state index in [4.69, 9.17) is 5.11 Å². The average Bonchev–Trinajstić information content (AvgIpc) is 1.61. The maximum Gasteiger partial charge on any atom is 0.0465 e. The van der Waals surface area contributed by atoms with Gasteiger partial charge in [-0.25, -0.2) is 0 Å². The Hall–Kier alpha value is 0.0500. The van der Waals surface area contributed by atoms with Crippen molar-refractivity contribution in [3.05, 3.63) is 11.5 Å². The Morgan fingerprint density at radius 1 is 1.67 bits per heavy atom. The van der Waals surface area contributed by atoms with Gasteiger partial charge in [0.15, 0.2) is 0 Å². The lowest BCUT2D eigenvalue weighted by Crippen LogP contribution is -1.72. The number of rotatable bonds is 2. The molecule has 0 atom stereocenters. The molecule has 0 fully saturated rings. The van der Waals surface area contributed by atoms with Gasteiger partial charge >= 0.3 is 0 Å². The predicted octanol–water partition coefficient (Wildman–Crippen LogP) is 0.812. The van der Waals surface area contributed by atoms with Gasteiger partial charge < -0.3 is 5.11 Å². The lowest BCUT2D eigenvalue weighted by molar-refractivity contribution is 0.302. The zero-order valence-electron chi connectivity index (χ0n) is 3.46. The standard InChI is InChI=1S/C4H8OS/c5-3-1-2-4-6/h2,4-6H,1,3H2/b4-2+. The van der Waals surface area contributed by atoms with Crippen LogP contribution in [-0.4, -0.2) is 11.7 Å². The summed E-state index contributed by atoms with van der Waals surface area (Å²) < 4.78 is 0. The summed E-state index contributed by atoms with van der Waals surface area (Å²) in [5.41, 5.74) is 0. The first-order chi connectivity index (χ1) is 2.91. The van der Waals surface area contributed by atoms with Crippen LogP contribution in [-0.2, 0) is 0 Å². The normalized spacial score (nSPS) is 10.3. The lowest BCUT2D eigenvalue weighted by atomic mass is 10.5. The summed E-state index contributed by atoms with van der Waals surface area (Å²) in [5.74, 6) is 0. The van der Waals surface area contributed by atoms with E-state index in [9.17, 15) is 0 Å². The van der Waals surface area contributed by atoms with Crippen molar-refractivity contribution in [2.24, 2.45) is 0 Å².